The lowest BCUT2D eigenvalue weighted by Crippen LogP contribution is -2.40. The van der Waals surface area contributed by atoms with Crippen molar-refractivity contribution in [3.05, 3.63) is 34.6 Å². The summed E-state index contributed by atoms with van der Waals surface area (Å²) < 4.78 is 12.4. The highest BCUT2D eigenvalue weighted by molar-refractivity contribution is 7.11. The van der Waals surface area contributed by atoms with Gasteiger partial charge in [-0.25, -0.2) is 4.98 Å². The number of thiazole rings is 1. The average Bonchev–Trinajstić information content (AvgIpc) is 3.16. The van der Waals surface area contributed by atoms with Crippen LogP contribution in [0.5, 0.6) is 5.19 Å². The third-order valence-electron chi connectivity index (χ3n) is 6.27. The fourth-order valence-electron chi connectivity index (χ4n) is 3.24. The minimum absolute atomic E-state index is 0.106. The van der Waals surface area contributed by atoms with Gasteiger partial charge in [0.25, 0.3) is 5.19 Å². The van der Waals surface area contributed by atoms with Crippen LogP contribution in [0.25, 0.3) is 0 Å². The van der Waals surface area contributed by atoms with E-state index >= 15 is 0 Å². The van der Waals surface area contributed by atoms with Crippen LogP contribution in [0.15, 0.2) is 17.5 Å². The van der Waals surface area contributed by atoms with Crippen LogP contribution in [0.3, 0.4) is 0 Å². The Hall–Kier alpha value is -1.35. The second-order valence-electron chi connectivity index (χ2n) is 9.68. The van der Waals surface area contributed by atoms with Crippen molar-refractivity contribution >= 4 is 19.7 Å². The van der Waals surface area contributed by atoms with Crippen LogP contribution in [0.4, 0.5) is 0 Å². The monoisotopic (exact) mass is 448 g/mol. The molecular weight excluding hydrogens is 412 g/mol. The molecule has 1 saturated heterocycles. The first kappa shape index (κ1) is 23.3. The summed E-state index contributed by atoms with van der Waals surface area (Å²) in [7, 11) is -1.78. The molecule has 0 radical (unpaired) electrons. The number of rotatable bonds is 8. The normalized spacial score (nSPS) is 17.1. The second-order valence-corrected chi connectivity index (χ2v) is 15.3. The highest BCUT2D eigenvalue weighted by Crippen LogP contribution is 2.37. The first-order chi connectivity index (χ1) is 14.2. The lowest BCUT2D eigenvalue weighted by Gasteiger charge is -2.35. The van der Waals surface area contributed by atoms with Crippen molar-refractivity contribution in [2.45, 2.75) is 77.7 Å². The Labute approximate surface area is 186 Å². The third kappa shape index (κ3) is 6.09. The van der Waals surface area contributed by atoms with Gasteiger partial charge in [-0.05, 0) is 63.1 Å². The maximum atomic E-state index is 6.30. The summed E-state index contributed by atoms with van der Waals surface area (Å²) in [5.41, 5.74) is 2.85. The highest BCUT2D eigenvalue weighted by atomic mass is 32.1. The van der Waals surface area contributed by atoms with Crippen LogP contribution >= 0.6 is 11.3 Å². The summed E-state index contributed by atoms with van der Waals surface area (Å²) in [6.07, 6.45) is 3.75. The molecule has 30 heavy (non-hydrogen) atoms. The van der Waals surface area contributed by atoms with Crippen LogP contribution in [0, 0.1) is 6.92 Å². The van der Waals surface area contributed by atoms with E-state index in [0.717, 1.165) is 30.2 Å². The number of piperidine rings is 1. The molecule has 1 aliphatic rings. The zero-order valence-electron chi connectivity index (χ0n) is 19.3. The standard InChI is InChI=1S/C22H36N4O2SSi/c1-17-10-11-19(25-24-17)20(26-12-8-7-9-13-26)15-27-21-23-18(16-29-21)14-28-30(5,6)22(2,3)4/h10-11,16,20H,7-9,12-15H2,1-6H3. The molecule has 6 nitrogen and oxygen atoms in total. The second kappa shape index (κ2) is 9.85. The zero-order valence-corrected chi connectivity index (χ0v) is 21.1. The molecule has 0 bridgehead atoms. The SMILES string of the molecule is Cc1ccc(C(COc2nc(CO[Si](C)(C)C(C)(C)C)cs2)N2CCCCC2)nn1. The average molecular weight is 449 g/mol. The van der Waals surface area contributed by atoms with E-state index in [-0.39, 0.29) is 11.1 Å². The molecule has 2 aromatic heterocycles. The minimum Gasteiger partial charge on any atom is -0.468 e. The lowest BCUT2D eigenvalue weighted by atomic mass is 10.1. The van der Waals surface area contributed by atoms with Gasteiger partial charge in [-0.2, -0.15) is 10.2 Å². The number of aromatic nitrogens is 3. The summed E-state index contributed by atoms with van der Waals surface area (Å²) in [6, 6.07) is 4.21. The minimum atomic E-state index is -1.78. The summed E-state index contributed by atoms with van der Waals surface area (Å²) in [5.74, 6) is 0. The molecule has 3 rings (SSSR count). The largest absolute Gasteiger partial charge is 0.468 e. The van der Waals surface area contributed by atoms with Gasteiger partial charge >= 0.3 is 0 Å². The molecule has 0 aromatic carbocycles. The molecule has 3 heterocycles. The number of hydrogen-bond acceptors (Lipinski definition) is 7. The highest BCUT2D eigenvalue weighted by Gasteiger charge is 2.37. The van der Waals surface area contributed by atoms with E-state index in [9.17, 15) is 0 Å². The van der Waals surface area contributed by atoms with Crippen LogP contribution in [0.2, 0.25) is 18.1 Å². The van der Waals surface area contributed by atoms with Crippen molar-refractivity contribution in [3.63, 3.8) is 0 Å². The maximum Gasteiger partial charge on any atom is 0.273 e. The molecule has 0 spiro atoms. The molecule has 1 atom stereocenters. The fourth-order valence-corrected chi connectivity index (χ4v) is 4.84. The Morgan fingerprint density at radius 1 is 1.13 bits per heavy atom. The number of likely N-dealkylation sites (tertiary alicyclic amines) is 1. The lowest BCUT2D eigenvalue weighted by molar-refractivity contribution is 0.110. The topological polar surface area (TPSA) is 60.4 Å². The number of nitrogens with zero attached hydrogens (tertiary/aromatic N) is 4. The molecule has 2 aromatic rings. The molecule has 166 valence electrons. The van der Waals surface area contributed by atoms with Gasteiger partial charge in [-0.15, -0.1) is 0 Å². The molecular formula is C22H36N4O2SSi. The Kier molecular flexibility index (Phi) is 7.65. The summed E-state index contributed by atoms with van der Waals surface area (Å²) in [6.45, 7) is 16.5. The van der Waals surface area contributed by atoms with Gasteiger partial charge in [0.2, 0.25) is 0 Å². The maximum absolute atomic E-state index is 6.30. The zero-order chi connectivity index (χ0) is 21.8. The number of aryl methyl sites for hydroxylation is 1. The van der Waals surface area contributed by atoms with E-state index in [1.165, 1.54) is 19.3 Å². The molecule has 0 amide bonds. The summed E-state index contributed by atoms with van der Waals surface area (Å²) in [4.78, 5) is 7.13. The molecule has 1 fully saturated rings. The molecule has 0 aliphatic carbocycles. The van der Waals surface area contributed by atoms with Crippen LogP contribution in [-0.4, -0.2) is 48.1 Å². The predicted molar refractivity (Wildman–Crippen MR) is 125 cm³/mol. The third-order valence-corrected chi connectivity index (χ3v) is 11.6. The summed E-state index contributed by atoms with van der Waals surface area (Å²) >= 11 is 1.54. The number of hydrogen-bond donors (Lipinski definition) is 0. The van der Waals surface area contributed by atoms with E-state index < -0.39 is 8.32 Å². The smallest absolute Gasteiger partial charge is 0.273 e. The van der Waals surface area contributed by atoms with Crippen LogP contribution < -0.4 is 4.74 Å². The van der Waals surface area contributed by atoms with Crippen molar-refractivity contribution < 1.29 is 9.16 Å². The van der Waals surface area contributed by atoms with Crippen molar-refractivity contribution in [3.8, 4) is 5.19 Å². The van der Waals surface area contributed by atoms with Crippen molar-refractivity contribution in [2.75, 3.05) is 19.7 Å². The first-order valence-corrected chi connectivity index (χ1v) is 14.7. The molecule has 0 saturated carbocycles. The van der Waals surface area contributed by atoms with Crippen molar-refractivity contribution in [1.82, 2.24) is 20.1 Å². The number of ether oxygens (including phenoxy) is 1. The Balaban J connectivity index is 1.62. The molecule has 8 heteroatoms. The van der Waals surface area contributed by atoms with E-state index in [1.54, 1.807) is 11.3 Å². The van der Waals surface area contributed by atoms with E-state index in [1.807, 2.05) is 18.4 Å². The molecule has 0 N–H and O–H groups in total. The Morgan fingerprint density at radius 2 is 1.87 bits per heavy atom. The molecule has 1 unspecified atom stereocenters. The van der Waals surface area contributed by atoms with Gasteiger partial charge in [0.05, 0.1) is 29.7 Å². The van der Waals surface area contributed by atoms with Crippen LogP contribution in [-0.2, 0) is 11.0 Å². The van der Waals surface area contributed by atoms with Gasteiger partial charge in [-0.3, -0.25) is 4.90 Å². The van der Waals surface area contributed by atoms with Crippen molar-refractivity contribution in [2.24, 2.45) is 0 Å². The first-order valence-electron chi connectivity index (χ1n) is 10.9. The van der Waals surface area contributed by atoms with E-state index in [0.29, 0.717) is 18.4 Å². The van der Waals surface area contributed by atoms with Crippen LogP contribution in [0.1, 0.15) is 63.2 Å². The molecule has 1 aliphatic heterocycles. The Bertz CT molecular complexity index is 798. The van der Waals surface area contributed by atoms with E-state index in [2.05, 4.69) is 60.0 Å². The summed E-state index contributed by atoms with van der Waals surface area (Å²) in [5, 5.41) is 11.6. The van der Waals surface area contributed by atoms with Crippen molar-refractivity contribution in [1.29, 1.82) is 0 Å². The van der Waals surface area contributed by atoms with Gasteiger partial charge in [-0.1, -0.05) is 38.5 Å². The fraction of sp³-hybridized carbons (Fsp3) is 0.682. The van der Waals surface area contributed by atoms with Gasteiger partial charge in [0.1, 0.15) is 6.61 Å². The van der Waals surface area contributed by atoms with Gasteiger partial charge < -0.3 is 9.16 Å². The van der Waals surface area contributed by atoms with E-state index in [4.69, 9.17) is 9.16 Å². The van der Waals surface area contributed by atoms with Gasteiger partial charge in [0, 0.05) is 5.38 Å². The quantitative estimate of drug-likeness (QED) is 0.506. The van der Waals surface area contributed by atoms with Gasteiger partial charge in [0.15, 0.2) is 8.32 Å². The Morgan fingerprint density at radius 3 is 2.50 bits per heavy atom. The predicted octanol–water partition coefficient (Wildman–Crippen LogP) is 5.37.